The van der Waals surface area contributed by atoms with Gasteiger partial charge in [-0.3, -0.25) is 0 Å². The molecule has 2 amide bonds. The van der Waals surface area contributed by atoms with E-state index in [1.54, 1.807) is 6.92 Å². The quantitative estimate of drug-likeness (QED) is 0.583. The lowest BCUT2D eigenvalue weighted by Crippen LogP contribution is -2.42. The van der Waals surface area contributed by atoms with E-state index in [9.17, 15) is 13.6 Å². The van der Waals surface area contributed by atoms with Gasteiger partial charge in [-0.1, -0.05) is 35.9 Å². The summed E-state index contributed by atoms with van der Waals surface area (Å²) >= 11 is 0. The highest BCUT2D eigenvalue weighted by atomic mass is 19.3. The molecule has 0 radical (unpaired) electrons. The molecule has 2 aliphatic rings. The van der Waals surface area contributed by atoms with Crippen molar-refractivity contribution in [2.24, 2.45) is 11.8 Å². The molecule has 2 aromatic rings. The zero-order valence-corrected chi connectivity index (χ0v) is 19.2. The first kappa shape index (κ1) is 23.3. The molecule has 6 nitrogen and oxygen atoms in total. The van der Waals surface area contributed by atoms with Crippen LogP contribution in [0.4, 0.5) is 19.3 Å². The molecule has 178 valence electrons. The van der Waals surface area contributed by atoms with Crippen LogP contribution in [0.25, 0.3) is 6.08 Å². The van der Waals surface area contributed by atoms with Crippen LogP contribution in [0.2, 0.25) is 0 Å². The molecule has 1 saturated carbocycles. The molecule has 1 aliphatic heterocycles. The standard InChI is InChI=1S/C25H31F2N3O3/c1-17-15-30(24(31)29-23-14-28-33-18(23)2)11-8-21(17)12-20-4-3-5-22(13-20)32-16-19-6-9-25(26,27)10-7-19/h3-5,12-14,17,19H,6-11,15-16H2,1-2H3,(H,29,31)/b21-12+. The van der Waals surface area contributed by atoms with E-state index in [1.165, 1.54) is 11.8 Å². The molecule has 1 N–H and O–H groups in total. The molecule has 0 bridgehead atoms. The van der Waals surface area contributed by atoms with Crippen molar-refractivity contribution in [3.63, 3.8) is 0 Å². The van der Waals surface area contributed by atoms with Crippen LogP contribution in [0.5, 0.6) is 5.75 Å². The van der Waals surface area contributed by atoms with Gasteiger partial charge in [-0.15, -0.1) is 0 Å². The second-order valence-electron chi connectivity index (χ2n) is 9.22. The van der Waals surface area contributed by atoms with Crippen molar-refractivity contribution in [2.45, 2.75) is 51.9 Å². The molecular formula is C25H31F2N3O3. The molecule has 2 heterocycles. The summed E-state index contributed by atoms with van der Waals surface area (Å²) in [6, 6.07) is 7.73. The number of carbonyl (C=O) groups excluding carboxylic acids is 1. The van der Waals surface area contributed by atoms with E-state index in [2.05, 4.69) is 23.5 Å². The number of aromatic nitrogens is 1. The first-order valence-electron chi connectivity index (χ1n) is 11.6. The van der Waals surface area contributed by atoms with E-state index in [-0.39, 0.29) is 30.7 Å². The Hall–Kier alpha value is -2.90. The Morgan fingerprint density at radius 1 is 1.36 bits per heavy atom. The predicted molar refractivity (Wildman–Crippen MR) is 122 cm³/mol. The van der Waals surface area contributed by atoms with Gasteiger partial charge in [0, 0.05) is 25.9 Å². The molecule has 1 atom stereocenters. The molecule has 1 aromatic heterocycles. The predicted octanol–water partition coefficient (Wildman–Crippen LogP) is 6.14. The number of aryl methyl sites for hydroxylation is 1. The van der Waals surface area contributed by atoms with E-state index in [0.717, 1.165) is 17.7 Å². The zero-order chi connectivity index (χ0) is 23.4. The maximum Gasteiger partial charge on any atom is 0.322 e. The topological polar surface area (TPSA) is 67.6 Å². The van der Waals surface area contributed by atoms with Gasteiger partial charge in [0.25, 0.3) is 0 Å². The zero-order valence-electron chi connectivity index (χ0n) is 19.2. The first-order valence-corrected chi connectivity index (χ1v) is 11.6. The third-order valence-electron chi connectivity index (χ3n) is 6.61. The maximum atomic E-state index is 13.3. The third-order valence-corrected chi connectivity index (χ3v) is 6.61. The molecule has 2 fully saturated rings. The van der Waals surface area contributed by atoms with Gasteiger partial charge in [0.2, 0.25) is 5.92 Å². The molecule has 4 rings (SSSR count). The summed E-state index contributed by atoms with van der Waals surface area (Å²) in [6.07, 6.45) is 5.39. The van der Waals surface area contributed by atoms with E-state index in [1.807, 2.05) is 29.2 Å². The number of ether oxygens (including phenoxy) is 1. The van der Waals surface area contributed by atoms with Gasteiger partial charge in [-0.25, -0.2) is 13.6 Å². The minimum Gasteiger partial charge on any atom is -0.493 e. The van der Waals surface area contributed by atoms with Crippen LogP contribution in [0.15, 0.2) is 40.6 Å². The average molecular weight is 460 g/mol. The van der Waals surface area contributed by atoms with Crippen molar-refractivity contribution in [2.75, 3.05) is 25.0 Å². The lowest BCUT2D eigenvalue weighted by atomic mass is 9.87. The number of anilines is 1. The van der Waals surface area contributed by atoms with Crippen molar-refractivity contribution in [1.29, 1.82) is 0 Å². The second-order valence-corrected chi connectivity index (χ2v) is 9.22. The van der Waals surface area contributed by atoms with E-state index in [4.69, 9.17) is 9.26 Å². The number of benzene rings is 1. The summed E-state index contributed by atoms with van der Waals surface area (Å²) < 4.78 is 37.6. The number of hydrogen-bond acceptors (Lipinski definition) is 4. The largest absolute Gasteiger partial charge is 0.493 e. The Balaban J connectivity index is 1.31. The van der Waals surface area contributed by atoms with Gasteiger partial charge < -0.3 is 19.5 Å². The Labute approximate surface area is 193 Å². The minimum atomic E-state index is -2.51. The highest BCUT2D eigenvalue weighted by Crippen LogP contribution is 2.36. The number of urea groups is 1. The summed E-state index contributed by atoms with van der Waals surface area (Å²) in [5, 5.41) is 6.54. The minimum absolute atomic E-state index is 0.0430. The van der Waals surface area contributed by atoms with E-state index >= 15 is 0 Å². The van der Waals surface area contributed by atoms with Gasteiger partial charge in [0.15, 0.2) is 5.76 Å². The van der Waals surface area contributed by atoms with Gasteiger partial charge in [-0.2, -0.15) is 0 Å². The lowest BCUT2D eigenvalue weighted by molar-refractivity contribution is -0.0498. The van der Waals surface area contributed by atoms with Gasteiger partial charge in [0.1, 0.15) is 11.4 Å². The number of carbonyl (C=O) groups is 1. The number of amides is 2. The van der Waals surface area contributed by atoms with Crippen LogP contribution in [-0.4, -0.2) is 41.7 Å². The SMILES string of the molecule is Cc1oncc1NC(=O)N1CC/C(=C\c2cccc(OCC3CCC(F)(F)CC3)c2)C(C)C1. The molecule has 0 spiro atoms. The Kier molecular flexibility index (Phi) is 7.00. The van der Waals surface area contributed by atoms with E-state index < -0.39 is 5.92 Å². The second kappa shape index (κ2) is 9.93. The lowest BCUT2D eigenvalue weighted by Gasteiger charge is -2.33. The number of nitrogens with zero attached hydrogens (tertiary/aromatic N) is 2. The molecule has 1 unspecified atom stereocenters. The molecule has 1 aromatic carbocycles. The molecular weight excluding hydrogens is 428 g/mol. The number of likely N-dealkylation sites (tertiary alicyclic amines) is 1. The van der Waals surface area contributed by atoms with Crippen LogP contribution in [0.1, 0.15) is 50.4 Å². The number of alkyl halides is 2. The van der Waals surface area contributed by atoms with Crippen molar-refractivity contribution >= 4 is 17.8 Å². The van der Waals surface area contributed by atoms with Crippen molar-refractivity contribution in [1.82, 2.24) is 10.1 Å². The number of halogens is 2. The van der Waals surface area contributed by atoms with Crippen molar-refractivity contribution in [3.8, 4) is 5.75 Å². The van der Waals surface area contributed by atoms with Crippen molar-refractivity contribution in [3.05, 3.63) is 47.4 Å². The fourth-order valence-electron chi connectivity index (χ4n) is 4.45. The van der Waals surface area contributed by atoms with Gasteiger partial charge >= 0.3 is 6.03 Å². The summed E-state index contributed by atoms with van der Waals surface area (Å²) in [7, 11) is 0. The van der Waals surface area contributed by atoms with Crippen LogP contribution < -0.4 is 10.1 Å². The maximum absolute atomic E-state index is 13.3. The summed E-state index contributed by atoms with van der Waals surface area (Å²) in [5.74, 6) is -0.761. The Morgan fingerprint density at radius 3 is 2.85 bits per heavy atom. The normalized spacial score (nSPS) is 22.4. The smallest absolute Gasteiger partial charge is 0.322 e. The Bertz CT molecular complexity index is 994. The summed E-state index contributed by atoms with van der Waals surface area (Å²) in [6.45, 7) is 5.62. The fraction of sp³-hybridized carbons (Fsp3) is 0.520. The summed E-state index contributed by atoms with van der Waals surface area (Å²) in [4.78, 5) is 14.4. The van der Waals surface area contributed by atoms with Gasteiger partial charge in [-0.05, 0) is 55.7 Å². The van der Waals surface area contributed by atoms with Crippen LogP contribution in [0, 0.1) is 18.8 Å². The van der Waals surface area contributed by atoms with E-state index in [0.29, 0.717) is 44.0 Å². The first-order chi connectivity index (χ1) is 15.8. The summed E-state index contributed by atoms with van der Waals surface area (Å²) in [5.41, 5.74) is 2.92. The monoisotopic (exact) mass is 459 g/mol. The van der Waals surface area contributed by atoms with Crippen LogP contribution in [0.3, 0.4) is 0 Å². The number of piperidine rings is 1. The third kappa shape index (κ3) is 6.12. The van der Waals surface area contributed by atoms with Crippen LogP contribution in [-0.2, 0) is 0 Å². The van der Waals surface area contributed by atoms with Gasteiger partial charge in [0.05, 0.1) is 12.8 Å². The van der Waals surface area contributed by atoms with Crippen LogP contribution >= 0.6 is 0 Å². The molecule has 1 aliphatic carbocycles. The number of rotatable bonds is 5. The molecule has 1 saturated heterocycles. The average Bonchev–Trinajstić information content (AvgIpc) is 3.19. The molecule has 8 heteroatoms. The fourth-order valence-corrected chi connectivity index (χ4v) is 4.45. The highest BCUT2D eigenvalue weighted by Gasteiger charge is 2.35. The highest BCUT2D eigenvalue weighted by molar-refractivity contribution is 5.89. The Morgan fingerprint density at radius 2 is 2.15 bits per heavy atom. The number of hydrogen-bond donors (Lipinski definition) is 1. The number of nitrogens with one attached hydrogen (secondary N) is 1. The molecule has 33 heavy (non-hydrogen) atoms. The van der Waals surface area contributed by atoms with Crippen molar-refractivity contribution < 1.29 is 22.8 Å².